The first-order valence-corrected chi connectivity index (χ1v) is 19.6. The number of carbonyl (C=O) groups excluding carboxylic acids is 2. The smallest absolute Gasteiger partial charge is 0.407 e. The number of benzene rings is 1. The Bertz CT molecular complexity index is 1630. The normalized spacial score (nSPS) is 27.7. The molecule has 12 heteroatoms. The topological polar surface area (TPSA) is 125 Å². The summed E-state index contributed by atoms with van der Waals surface area (Å²) in [7, 11) is 1.78. The van der Waals surface area contributed by atoms with Gasteiger partial charge in [-0.05, 0) is 100.0 Å². The van der Waals surface area contributed by atoms with Gasteiger partial charge in [0.1, 0.15) is 11.9 Å². The molecule has 0 radical (unpaired) electrons. The number of piperazine rings is 1. The van der Waals surface area contributed by atoms with Gasteiger partial charge in [0, 0.05) is 81.7 Å². The van der Waals surface area contributed by atoms with Crippen LogP contribution in [0.2, 0.25) is 0 Å². The Morgan fingerprint density at radius 3 is 2.33 bits per heavy atom. The van der Waals surface area contributed by atoms with E-state index in [-0.39, 0.29) is 35.4 Å². The summed E-state index contributed by atoms with van der Waals surface area (Å²) in [5.74, 6) is 2.19. The summed E-state index contributed by atoms with van der Waals surface area (Å²) in [5, 5.41) is 16.7. The first-order chi connectivity index (χ1) is 24.9. The molecule has 2 aliphatic carbocycles. The number of piperidine rings is 1. The molecule has 2 saturated carbocycles. The fourth-order valence-corrected chi connectivity index (χ4v) is 9.12. The lowest BCUT2D eigenvalue weighted by Gasteiger charge is -2.50. The van der Waals surface area contributed by atoms with E-state index in [4.69, 9.17) is 4.98 Å². The summed E-state index contributed by atoms with van der Waals surface area (Å²) in [6.07, 6.45) is 7.41. The lowest BCUT2D eigenvalue weighted by atomic mass is 9.78. The third kappa shape index (κ3) is 7.88. The Kier molecular flexibility index (Phi) is 10.4. The van der Waals surface area contributed by atoms with Crippen LogP contribution in [-0.2, 0) is 4.79 Å². The number of amides is 3. The van der Waals surface area contributed by atoms with Crippen LogP contribution in [-0.4, -0.2) is 119 Å². The molecule has 4 fully saturated rings. The zero-order valence-corrected chi connectivity index (χ0v) is 31.7. The largest absolute Gasteiger partial charge is 0.465 e. The zero-order chi connectivity index (χ0) is 36.7. The molecule has 2 aromatic rings. The number of pyridine rings is 1. The van der Waals surface area contributed by atoms with Crippen LogP contribution in [0.1, 0.15) is 89.4 Å². The maximum atomic E-state index is 13.5. The van der Waals surface area contributed by atoms with Crippen molar-refractivity contribution in [2.24, 2.45) is 11.3 Å². The van der Waals surface area contributed by atoms with Gasteiger partial charge >= 0.3 is 6.09 Å². The van der Waals surface area contributed by atoms with Crippen LogP contribution in [0.15, 0.2) is 36.4 Å². The number of nitrogens with one attached hydrogen (secondary N) is 2. The van der Waals surface area contributed by atoms with E-state index in [2.05, 4.69) is 46.1 Å². The van der Waals surface area contributed by atoms with Gasteiger partial charge in [0.25, 0.3) is 5.91 Å². The minimum Gasteiger partial charge on any atom is -0.465 e. The van der Waals surface area contributed by atoms with E-state index in [1.54, 1.807) is 16.8 Å². The third-order valence-electron chi connectivity index (χ3n) is 12.3. The molecular formula is C40H58N8O4. The van der Waals surface area contributed by atoms with Crippen molar-refractivity contribution in [1.82, 2.24) is 25.0 Å². The van der Waals surface area contributed by atoms with E-state index in [9.17, 15) is 19.5 Å². The number of carbonyl (C=O) groups is 3. The van der Waals surface area contributed by atoms with E-state index in [0.717, 1.165) is 43.0 Å². The van der Waals surface area contributed by atoms with Gasteiger partial charge in [-0.2, -0.15) is 0 Å². The van der Waals surface area contributed by atoms with Crippen molar-refractivity contribution in [3.8, 4) is 0 Å². The highest BCUT2D eigenvalue weighted by molar-refractivity contribution is 6.04. The second-order valence-electron chi connectivity index (χ2n) is 17.0. The Morgan fingerprint density at radius 1 is 0.923 bits per heavy atom. The van der Waals surface area contributed by atoms with Crippen molar-refractivity contribution in [3.05, 3.63) is 42.0 Å². The van der Waals surface area contributed by atoms with Crippen molar-refractivity contribution >= 4 is 40.9 Å². The fourth-order valence-electron chi connectivity index (χ4n) is 9.12. The minimum absolute atomic E-state index is 0.0165. The van der Waals surface area contributed by atoms with Crippen LogP contribution in [0.25, 0.3) is 0 Å². The number of carboxylic acid groups (broad SMARTS) is 1. The maximum absolute atomic E-state index is 13.5. The second kappa shape index (κ2) is 14.9. The molecule has 282 valence electrons. The van der Waals surface area contributed by atoms with Crippen LogP contribution in [0, 0.1) is 11.3 Å². The summed E-state index contributed by atoms with van der Waals surface area (Å²) in [6, 6.07) is 11.4. The molecule has 1 aromatic carbocycles. The fraction of sp³-hybridized carbons (Fsp3) is 0.650. The molecule has 12 nitrogen and oxygen atoms in total. The first kappa shape index (κ1) is 36.5. The van der Waals surface area contributed by atoms with Crippen LogP contribution in [0.4, 0.5) is 27.8 Å². The van der Waals surface area contributed by atoms with E-state index >= 15 is 0 Å². The van der Waals surface area contributed by atoms with Crippen molar-refractivity contribution in [2.45, 2.75) is 109 Å². The average molecular weight is 715 g/mol. The Hall–Kier alpha value is -3.90. The Balaban J connectivity index is 0.990. The van der Waals surface area contributed by atoms with Gasteiger partial charge in [-0.25, -0.2) is 9.78 Å². The molecule has 3 N–H and O–H groups in total. The van der Waals surface area contributed by atoms with E-state index in [1.807, 2.05) is 43.3 Å². The molecule has 0 bridgehead atoms. The molecule has 0 spiro atoms. The minimum atomic E-state index is -0.905. The van der Waals surface area contributed by atoms with E-state index in [0.29, 0.717) is 42.6 Å². The number of fused-ring (bicyclic) bond motifs is 1. The molecule has 7 rings (SSSR count). The molecule has 1 aromatic heterocycles. The SMILES string of the molecule is C[C@@H]1C(=O)N(C)c2ccc(Nc3cccc(C(=O)N[C@H]4CC[C@H](N5CCN(CC6CC6)CC5)CC4)c3)nc2N1C1CCN(C(=O)O)C(C(C)(C)C)C1. The number of rotatable bonds is 8. The van der Waals surface area contributed by atoms with E-state index < -0.39 is 12.1 Å². The summed E-state index contributed by atoms with van der Waals surface area (Å²) in [5.41, 5.74) is 1.82. The Morgan fingerprint density at radius 2 is 1.65 bits per heavy atom. The molecule has 5 aliphatic rings. The predicted molar refractivity (Wildman–Crippen MR) is 205 cm³/mol. The van der Waals surface area contributed by atoms with Crippen molar-refractivity contribution in [1.29, 1.82) is 0 Å². The summed E-state index contributed by atoms with van der Waals surface area (Å²) >= 11 is 0. The van der Waals surface area contributed by atoms with Crippen molar-refractivity contribution < 1.29 is 19.5 Å². The molecular weight excluding hydrogens is 656 g/mol. The lowest BCUT2D eigenvalue weighted by molar-refractivity contribution is -0.119. The highest BCUT2D eigenvalue weighted by Crippen LogP contribution is 2.41. The van der Waals surface area contributed by atoms with Gasteiger partial charge in [-0.3, -0.25) is 14.5 Å². The van der Waals surface area contributed by atoms with Crippen molar-refractivity contribution in [2.75, 3.05) is 61.4 Å². The maximum Gasteiger partial charge on any atom is 0.407 e. The van der Waals surface area contributed by atoms with Gasteiger partial charge < -0.3 is 35.3 Å². The highest BCUT2D eigenvalue weighted by Gasteiger charge is 2.45. The summed E-state index contributed by atoms with van der Waals surface area (Å²) in [4.78, 5) is 54.7. The monoisotopic (exact) mass is 714 g/mol. The standard InChI is InChI=1S/C40H58N8O4/c1-26-38(50)44(5)33-15-16-35(43-36(33)48(26)32-17-18-47(39(51)52)34(24-32)40(2,3)4)41-30-8-6-7-28(23-30)37(49)42-29-11-13-31(14-12-29)46-21-19-45(20-22-46)25-27-9-10-27/h6-8,15-16,23,26-27,29,31-32,34H,9-14,17-22,24-25H2,1-5H3,(H,41,43)(H,42,49)(H,51,52)/t26-,29-,31-,32?,34?/m1/s1. The number of likely N-dealkylation sites (N-methyl/N-ethyl adjacent to an activating group) is 1. The number of likely N-dealkylation sites (tertiary alicyclic amines) is 1. The summed E-state index contributed by atoms with van der Waals surface area (Å²) in [6.45, 7) is 14.5. The summed E-state index contributed by atoms with van der Waals surface area (Å²) < 4.78 is 0. The first-order valence-electron chi connectivity index (χ1n) is 19.6. The average Bonchev–Trinajstić information content (AvgIpc) is 3.95. The van der Waals surface area contributed by atoms with Gasteiger partial charge in [0.2, 0.25) is 5.91 Å². The predicted octanol–water partition coefficient (Wildman–Crippen LogP) is 5.62. The number of hydrogen-bond donors (Lipinski definition) is 3. The lowest BCUT2D eigenvalue weighted by Crippen LogP contribution is -2.61. The number of nitrogens with zero attached hydrogens (tertiary/aromatic N) is 6. The van der Waals surface area contributed by atoms with Crippen molar-refractivity contribution in [3.63, 3.8) is 0 Å². The second-order valence-corrected chi connectivity index (χ2v) is 17.0. The van der Waals surface area contributed by atoms with Crippen LogP contribution in [0.5, 0.6) is 0 Å². The van der Waals surface area contributed by atoms with Gasteiger partial charge in [-0.15, -0.1) is 0 Å². The number of aromatic nitrogens is 1. The van der Waals surface area contributed by atoms with Gasteiger partial charge in [0.05, 0.1) is 5.69 Å². The number of hydrogen-bond acceptors (Lipinski definition) is 8. The zero-order valence-electron chi connectivity index (χ0n) is 31.7. The molecule has 52 heavy (non-hydrogen) atoms. The molecule has 4 heterocycles. The van der Waals surface area contributed by atoms with Gasteiger partial charge in [0.15, 0.2) is 5.82 Å². The molecule has 2 saturated heterocycles. The van der Waals surface area contributed by atoms with Crippen LogP contribution in [0.3, 0.4) is 0 Å². The van der Waals surface area contributed by atoms with E-state index in [1.165, 1.54) is 45.6 Å². The Labute approximate surface area is 308 Å². The van der Waals surface area contributed by atoms with Crippen LogP contribution < -0.4 is 20.4 Å². The van der Waals surface area contributed by atoms with Crippen LogP contribution >= 0.6 is 0 Å². The third-order valence-corrected chi connectivity index (χ3v) is 12.3. The highest BCUT2D eigenvalue weighted by atomic mass is 16.4. The molecule has 3 amide bonds. The molecule has 3 atom stereocenters. The number of anilines is 4. The quantitative estimate of drug-likeness (QED) is 0.320. The molecule has 2 unspecified atom stereocenters. The molecule has 3 aliphatic heterocycles. The van der Waals surface area contributed by atoms with Gasteiger partial charge in [-0.1, -0.05) is 26.8 Å².